The lowest BCUT2D eigenvalue weighted by Crippen LogP contribution is -1.93. The third kappa shape index (κ3) is 1.78. The zero-order valence-electron chi connectivity index (χ0n) is 9.85. The Morgan fingerprint density at radius 2 is 1.79 bits per heavy atom. The number of fused-ring (bicyclic) bond motifs is 1. The lowest BCUT2D eigenvalue weighted by atomic mass is 10.3. The molecular weight excluding hydrogens is 274 g/mol. The average molecular weight is 283 g/mol. The smallest absolute Gasteiger partial charge is 0.164 e. The topological polar surface area (TPSA) is 30.2 Å². The molecule has 0 fully saturated rings. The molecule has 0 amide bonds. The van der Waals surface area contributed by atoms with E-state index in [1.165, 1.54) is 4.88 Å². The van der Waals surface area contributed by atoms with Gasteiger partial charge in [0, 0.05) is 18.6 Å². The van der Waals surface area contributed by atoms with Crippen LogP contribution in [0.1, 0.15) is 0 Å². The summed E-state index contributed by atoms with van der Waals surface area (Å²) in [5.74, 6) is 0. The summed E-state index contributed by atoms with van der Waals surface area (Å²) in [4.78, 5) is 11.5. The molecule has 4 heterocycles. The zero-order chi connectivity index (χ0) is 12.7. The summed E-state index contributed by atoms with van der Waals surface area (Å²) in [5.41, 5.74) is 2.84. The van der Waals surface area contributed by atoms with Gasteiger partial charge in [-0.1, -0.05) is 12.1 Å². The summed E-state index contributed by atoms with van der Waals surface area (Å²) in [6, 6.07) is 8.26. The first-order valence-corrected chi connectivity index (χ1v) is 7.59. The van der Waals surface area contributed by atoms with Crippen molar-refractivity contribution in [2.24, 2.45) is 0 Å². The second kappa shape index (κ2) is 4.29. The summed E-state index contributed by atoms with van der Waals surface area (Å²) in [6.07, 6.45) is 5.81. The first-order valence-electron chi connectivity index (χ1n) is 5.83. The molecule has 0 bridgehead atoms. The summed E-state index contributed by atoms with van der Waals surface area (Å²) in [6.45, 7) is 0. The quantitative estimate of drug-likeness (QED) is 0.552. The maximum Gasteiger partial charge on any atom is 0.164 e. The number of aromatic nitrogens is 3. The minimum Gasteiger partial charge on any atom is -0.303 e. The standard InChI is InChI=1S/C14H9N3S2/c1-3-11(18-7-1)10-9-17-6-5-15-14(17)13(16-10)12-4-2-8-19-12/h1-9H. The number of nitrogens with zero attached hydrogens (tertiary/aromatic N) is 3. The van der Waals surface area contributed by atoms with Crippen molar-refractivity contribution in [3.8, 4) is 21.1 Å². The number of imidazole rings is 1. The van der Waals surface area contributed by atoms with Crippen molar-refractivity contribution in [3.63, 3.8) is 0 Å². The maximum absolute atomic E-state index is 4.80. The fraction of sp³-hybridized carbons (Fsp3) is 0. The van der Waals surface area contributed by atoms with Crippen LogP contribution in [0, 0.1) is 0 Å². The van der Waals surface area contributed by atoms with Crippen LogP contribution >= 0.6 is 22.7 Å². The highest BCUT2D eigenvalue weighted by atomic mass is 32.1. The molecule has 0 aliphatic heterocycles. The van der Waals surface area contributed by atoms with E-state index >= 15 is 0 Å². The number of rotatable bonds is 2. The van der Waals surface area contributed by atoms with Gasteiger partial charge in [-0.3, -0.25) is 0 Å². The monoisotopic (exact) mass is 283 g/mol. The summed E-state index contributed by atoms with van der Waals surface area (Å²) >= 11 is 3.39. The van der Waals surface area contributed by atoms with Crippen LogP contribution in [0.5, 0.6) is 0 Å². The lowest BCUT2D eigenvalue weighted by Gasteiger charge is -2.04. The first kappa shape index (κ1) is 10.9. The van der Waals surface area contributed by atoms with Crippen LogP contribution in [0.25, 0.3) is 26.8 Å². The molecule has 3 nitrogen and oxygen atoms in total. The summed E-state index contributed by atoms with van der Waals surface area (Å²) < 4.78 is 2.04. The van der Waals surface area contributed by atoms with Crippen molar-refractivity contribution >= 4 is 28.3 Å². The molecule has 0 aliphatic carbocycles. The van der Waals surface area contributed by atoms with Gasteiger partial charge in [0.05, 0.1) is 15.4 Å². The Bertz CT molecular complexity index is 814. The van der Waals surface area contributed by atoms with Crippen LogP contribution < -0.4 is 0 Å². The van der Waals surface area contributed by atoms with Crippen LogP contribution in [0.2, 0.25) is 0 Å². The highest BCUT2D eigenvalue weighted by Crippen LogP contribution is 2.30. The highest BCUT2D eigenvalue weighted by Gasteiger charge is 2.12. The molecular formula is C14H9N3S2. The molecule has 0 spiro atoms. The highest BCUT2D eigenvalue weighted by molar-refractivity contribution is 7.14. The van der Waals surface area contributed by atoms with Gasteiger partial charge in [0.15, 0.2) is 5.65 Å². The molecule has 0 radical (unpaired) electrons. The van der Waals surface area contributed by atoms with Crippen LogP contribution in [-0.4, -0.2) is 14.4 Å². The van der Waals surface area contributed by atoms with Gasteiger partial charge in [0.1, 0.15) is 5.69 Å². The molecule has 4 rings (SSSR count). The van der Waals surface area contributed by atoms with E-state index in [4.69, 9.17) is 4.98 Å². The van der Waals surface area contributed by atoms with Crippen LogP contribution in [0.15, 0.2) is 53.6 Å². The van der Waals surface area contributed by atoms with Gasteiger partial charge >= 0.3 is 0 Å². The Morgan fingerprint density at radius 1 is 1.00 bits per heavy atom. The lowest BCUT2D eigenvalue weighted by molar-refractivity contribution is 1.14. The summed E-state index contributed by atoms with van der Waals surface area (Å²) in [5, 5.41) is 4.13. The van der Waals surface area contributed by atoms with Gasteiger partial charge in [-0.15, -0.1) is 22.7 Å². The molecule has 4 aromatic heterocycles. The molecule has 4 aromatic rings. The van der Waals surface area contributed by atoms with Gasteiger partial charge in [-0.25, -0.2) is 9.97 Å². The number of hydrogen-bond donors (Lipinski definition) is 0. The molecule has 0 unspecified atom stereocenters. The van der Waals surface area contributed by atoms with Crippen LogP contribution in [0.4, 0.5) is 0 Å². The molecule has 19 heavy (non-hydrogen) atoms. The van der Waals surface area contributed by atoms with Gasteiger partial charge in [-0.05, 0) is 22.9 Å². The molecule has 0 N–H and O–H groups in total. The predicted octanol–water partition coefficient (Wildman–Crippen LogP) is 4.19. The maximum atomic E-state index is 4.80. The molecule has 0 saturated carbocycles. The SMILES string of the molecule is c1csc(-c2cn3ccnc3c(-c3cccs3)n2)c1. The Kier molecular flexibility index (Phi) is 2.46. The first-order chi connectivity index (χ1) is 9.42. The van der Waals surface area contributed by atoms with E-state index in [1.54, 1.807) is 22.7 Å². The Morgan fingerprint density at radius 3 is 2.53 bits per heavy atom. The van der Waals surface area contributed by atoms with Crippen LogP contribution in [0.3, 0.4) is 0 Å². The summed E-state index contributed by atoms with van der Waals surface area (Å²) in [7, 11) is 0. The zero-order valence-corrected chi connectivity index (χ0v) is 11.5. The molecule has 5 heteroatoms. The molecule has 0 atom stereocenters. The molecule has 0 aliphatic rings. The van der Waals surface area contributed by atoms with Crippen molar-refractivity contribution < 1.29 is 0 Å². The van der Waals surface area contributed by atoms with E-state index < -0.39 is 0 Å². The van der Waals surface area contributed by atoms with Crippen molar-refractivity contribution in [3.05, 3.63) is 53.6 Å². The van der Waals surface area contributed by atoms with Crippen molar-refractivity contribution in [1.29, 1.82) is 0 Å². The fourth-order valence-corrected chi connectivity index (χ4v) is 3.44. The third-order valence-electron chi connectivity index (χ3n) is 2.90. The molecule has 0 saturated heterocycles. The van der Waals surface area contributed by atoms with Crippen molar-refractivity contribution in [2.75, 3.05) is 0 Å². The minimum atomic E-state index is 0.905. The average Bonchev–Trinajstić information content (AvgIpc) is 3.18. The number of hydrogen-bond acceptors (Lipinski definition) is 4. The van der Waals surface area contributed by atoms with E-state index in [1.807, 2.05) is 35.1 Å². The van der Waals surface area contributed by atoms with Gasteiger partial charge in [0.2, 0.25) is 0 Å². The second-order valence-electron chi connectivity index (χ2n) is 4.09. The Hall–Kier alpha value is -1.98. The van der Waals surface area contributed by atoms with Gasteiger partial charge < -0.3 is 4.40 Å². The van der Waals surface area contributed by atoms with E-state index in [0.717, 1.165) is 21.9 Å². The fourth-order valence-electron chi connectivity index (χ4n) is 2.05. The minimum absolute atomic E-state index is 0.905. The third-order valence-corrected chi connectivity index (χ3v) is 4.67. The van der Waals surface area contributed by atoms with Crippen LogP contribution in [-0.2, 0) is 0 Å². The second-order valence-corrected chi connectivity index (χ2v) is 5.98. The molecule has 92 valence electrons. The Balaban J connectivity index is 2.03. The van der Waals surface area contributed by atoms with Crippen molar-refractivity contribution in [2.45, 2.75) is 0 Å². The van der Waals surface area contributed by atoms with Gasteiger partial charge in [-0.2, -0.15) is 0 Å². The van der Waals surface area contributed by atoms with Gasteiger partial charge in [0.25, 0.3) is 0 Å². The van der Waals surface area contributed by atoms with Crippen molar-refractivity contribution in [1.82, 2.24) is 14.4 Å². The predicted molar refractivity (Wildman–Crippen MR) is 79.6 cm³/mol. The number of thiophene rings is 2. The molecule has 0 aromatic carbocycles. The largest absolute Gasteiger partial charge is 0.303 e. The van der Waals surface area contributed by atoms with E-state index in [-0.39, 0.29) is 0 Å². The van der Waals surface area contributed by atoms with E-state index in [0.29, 0.717) is 0 Å². The normalized spacial score (nSPS) is 11.2. The van der Waals surface area contributed by atoms with E-state index in [2.05, 4.69) is 27.9 Å². The van der Waals surface area contributed by atoms with E-state index in [9.17, 15) is 0 Å². The Labute approximate surface area is 117 Å².